The summed E-state index contributed by atoms with van der Waals surface area (Å²) in [6, 6.07) is 6.09. The quantitative estimate of drug-likeness (QED) is 0.851. The fourth-order valence-electron chi connectivity index (χ4n) is 2.86. The summed E-state index contributed by atoms with van der Waals surface area (Å²) < 4.78 is 34.1. The molecular formula is C16H26N2O3S. The monoisotopic (exact) mass is 326 g/mol. The van der Waals surface area contributed by atoms with Crippen LogP contribution in [0.4, 0.5) is 0 Å². The Morgan fingerprint density at radius 2 is 1.82 bits per heavy atom. The lowest BCUT2D eigenvalue weighted by atomic mass is 10.1. The van der Waals surface area contributed by atoms with E-state index in [9.17, 15) is 8.42 Å². The van der Waals surface area contributed by atoms with Gasteiger partial charge in [-0.2, -0.15) is 17.0 Å². The van der Waals surface area contributed by atoms with Crippen LogP contribution in [0.1, 0.15) is 30.5 Å². The standard InChI is InChI=1S/C16H26N2O3S/c1-12-6-7-16(13(2)8-12)11-17(5)22(19,20)18-9-14(3)21-15(4)10-18/h6-8,14-15H,9-11H2,1-5H3. The van der Waals surface area contributed by atoms with Crippen LogP contribution in [0.3, 0.4) is 0 Å². The van der Waals surface area contributed by atoms with Crippen molar-refractivity contribution in [2.45, 2.75) is 46.4 Å². The summed E-state index contributed by atoms with van der Waals surface area (Å²) in [5.74, 6) is 0. The van der Waals surface area contributed by atoms with Crippen molar-refractivity contribution < 1.29 is 13.2 Å². The van der Waals surface area contributed by atoms with Crippen LogP contribution in [-0.4, -0.2) is 49.4 Å². The van der Waals surface area contributed by atoms with Gasteiger partial charge in [-0.1, -0.05) is 23.8 Å². The third kappa shape index (κ3) is 3.87. The summed E-state index contributed by atoms with van der Waals surface area (Å²) in [5.41, 5.74) is 3.33. The lowest BCUT2D eigenvalue weighted by Gasteiger charge is -2.36. The predicted octanol–water partition coefficient (Wildman–Crippen LogP) is 2.09. The Balaban J connectivity index is 2.14. The number of nitrogens with zero attached hydrogens (tertiary/aromatic N) is 2. The summed E-state index contributed by atoms with van der Waals surface area (Å²) in [5, 5.41) is 0. The smallest absolute Gasteiger partial charge is 0.282 e. The van der Waals surface area contributed by atoms with Crippen molar-refractivity contribution >= 4 is 10.2 Å². The molecule has 1 saturated heterocycles. The summed E-state index contributed by atoms with van der Waals surface area (Å²) >= 11 is 0. The number of aryl methyl sites for hydroxylation is 2. The van der Waals surface area contributed by atoms with Gasteiger partial charge in [-0.15, -0.1) is 0 Å². The molecule has 2 rings (SSSR count). The highest BCUT2D eigenvalue weighted by Gasteiger charge is 2.33. The SMILES string of the molecule is Cc1ccc(CN(C)S(=O)(=O)N2CC(C)OC(C)C2)c(C)c1. The summed E-state index contributed by atoms with van der Waals surface area (Å²) in [6.45, 7) is 9.06. The van der Waals surface area contributed by atoms with E-state index in [1.165, 1.54) is 14.2 Å². The Kier molecular flexibility index (Phi) is 5.27. The molecule has 2 atom stereocenters. The fourth-order valence-corrected chi connectivity index (χ4v) is 4.35. The molecule has 2 unspecified atom stereocenters. The molecule has 1 aliphatic heterocycles. The van der Waals surface area contributed by atoms with Gasteiger partial charge in [0.25, 0.3) is 10.2 Å². The van der Waals surface area contributed by atoms with E-state index >= 15 is 0 Å². The average Bonchev–Trinajstić information content (AvgIpc) is 2.40. The van der Waals surface area contributed by atoms with Crippen molar-refractivity contribution in [2.24, 2.45) is 0 Å². The molecule has 0 amide bonds. The van der Waals surface area contributed by atoms with Crippen molar-refractivity contribution in [2.75, 3.05) is 20.1 Å². The highest BCUT2D eigenvalue weighted by molar-refractivity contribution is 7.86. The highest BCUT2D eigenvalue weighted by Crippen LogP contribution is 2.19. The summed E-state index contributed by atoms with van der Waals surface area (Å²) in [7, 11) is -1.83. The van der Waals surface area contributed by atoms with Crippen LogP contribution >= 0.6 is 0 Å². The van der Waals surface area contributed by atoms with Gasteiger partial charge in [0.2, 0.25) is 0 Å². The molecule has 0 radical (unpaired) electrons. The maximum Gasteiger partial charge on any atom is 0.282 e. The van der Waals surface area contributed by atoms with Gasteiger partial charge in [0.05, 0.1) is 12.2 Å². The molecule has 0 bridgehead atoms. The Labute approximate surface area is 134 Å². The number of rotatable bonds is 4. The first-order valence-electron chi connectivity index (χ1n) is 7.63. The normalized spacial score (nSPS) is 23.9. The van der Waals surface area contributed by atoms with Gasteiger partial charge < -0.3 is 4.74 Å². The zero-order chi connectivity index (χ0) is 16.5. The third-order valence-corrected chi connectivity index (χ3v) is 5.86. The van der Waals surface area contributed by atoms with E-state index in [4.69, 9.17) is 4.74 Å². The minimum absolute atomic E-state index is 0.0759. The Morgan fingerprint density at radius 1 is 1.23 bits per heavy atom. The molecule has 1 aromatic carbocycles. The lowest BCUT2D eigenvalue weighted by Crippen LogP contribution is -2.52. The Hall–Kier alpha value is -0.950. The molecule has 1 fully saturated rings. The molecule has 0 spiro atoms. The minimum atomic E-state index is -3.47. The van der Waals surface area contributed by atoms with E-state index in [1.807, 2.05) is 39.8 Å². The van der Waals surface area contributed by atoms with E-state index in [0.29, 0.717) is 19.6 Å². The molecule has 0 saturated carbocycles. The average molecular weight is 326 g/mol. The number of hydrogen-bond donors (Lipinski definition) is 0. The van der Waals surface area contributed by atoms with Crippen LogP contribution in [0.5, 0.6) is 0 Å². The number of morpholine rings is 1. The Bertz CT molecular complexity index is 620. The highest BCUT2D eigenvalue weighted by atomic mass is 32.2. The second kappa shape index (κ2) is 6.66. The van der Waals surface area contributed by atoms with Crippen LogP contribution < -0.4 is 0 Å². The molecule has 0 aliphatic carbocycles. The molecule has 1 heterocycles. The van der Waals surface area contributed by atoms with Crippen LogP contribution in [0.25, 0.3) is 0 Å². The molecule has 5 nitrogen and oxygen atoms in total. The molecule has 0 aromatic heterocycles. The van der Waals surface area contributed by atoms with Gasteiger partial charge in [-0.25, -0.2) is 0 Å². The van der Waals surface area contributed by atoms with Gasteiger partial charge in [-0.05, 0) is 38.8 Å². The maximum atomic E-state index is 12.8. The third-order valence-electron chi connectivity index (χ3n) is 4.00. The largest absolute Gasteiger partial charge is 0.373 e. The number of benzene rings is 1. The van der Waals surface area contributed by atoms with Crippen LogP contribution in [0.2, 0.25) is 0 Å². The summed E-state index contributed by atoms with van der Waals surface area (Å²) in [4.78, 5) is 0. The Morgan fingerprint density at radius 3 is 2.36 bits per heavy atom. The van der Waals surface area contributed by atoms with Crippen LogP contribution in [0, 0.1) is 13.8 Å². The molecule has 6 heteroatoms. The van der Waals surface area contributed by atoms with Crippen LogP contribution in [-0.2, 0) is 21.5 Å². The second-order valence-electron chi connectivity index (χ2n) is 6.27. The van der Waals surface area contributed by atoms with Gasteiger partial charge in [-0.3, -0.25) is 0 Å². The van der Waals surface area contributed by atoms with E-state index < -0.39 is 10.2 Å². The van der Waals surface area contributed by atoms with E-state index in [1.54, 1.807) is 7.05 Å². The number of hydrogen-bond acceptors (Lipinski definition) is 3. The molecule has 1 aliphatic rings. The molecule has 22 heavy (non-hydrogen) atoms. The lowest BCUT2D eigenvalue weighted by molar-refractivity contribution is -0.0453. The number of ether oxygens (including phenoxy) is 1. The predicted molar refractivity (Wildman–Crippen MR) is 87.9 cm³/mol. The molecular weight excluding hydrogens is 300 g/mol. The van der Waals surface area contributed by atoms with Crippen molar-refractivity contribution in [3.63, 3.8) is 0 Å². The van der Waals surface area contributed by atoms with Gasteiger partial charge in [0.15, 0.2) is 0 Å². The van der Waals surface area contributed by atoms with E-state index in [2.05, 4.69) is 6.07 Å². The van der Waals surface area contributed by atoms with E-state index in [0.717, 1.165) is 11.1 Å². The molecule has 124 valence electrons. The van der Waals surface area contributed by atoms with Gasteiger partial charge in [0.1, 0.15) is 0 Å². The van der Waals surface area contributed by atoms with Crippen molar-refractivity contribution in [3.8, 4) is 0 Å². The molecule has 0 N–H and O–H groups in total. The first-order valence-corrected chi connectivity index (χ1v) is 9.03. The zero-order valence-corrected chi connectivity index (χ0v) is 14.9. The summed E-state index contributed by atoms with van der Waals surface area (Å²) in [6.07, 6.45) is -0.152. The minimum Gasteiger partial charge on any atom is -0.373 e. The van der Waals surface area contributed by atoms with Crippen molar-refractivity contribution in [1.29, 1.82) is 0 Å². The van der Waals surface area contributed by atoms with E-state index in [-0.39, 0.29) is 12.2 Å². The topological polar surface area (TPSA) is 49.9 Å². The zero-order valence-electron chi connectivity index (χ0n) is 14.0. The van der Waals surface area contributed by atoms with Gasteiger partial charge >= 0.3 is 0 Å². The molecule has 1 aromatic rings. The first kappa shape index (κ1) is 17.4. The first-order chi connectivity index (χ1) is 10.2. The van der Waals surface area contributed by atoms with Crippen LogP contribution in [0.15, 0.2) is 18.2 Å². The second-order valence-corrected chi connectivity index (χ2v) is 8.30. The fraction of sp³-hybridized carbons (Fsp3) is 0.625. The van der Waals surface area contributed by atoms with Crippen molar-refractivity contribution in [3.05, 3.63) is 34.9 Å². The van der Waals surface area contributed by atoms with Gasteiger partial charge in [0, 0.05) is 26.7 Å². The van der Waals surface area contributed by atoms with Crippen molar-refractivity contribution in [1.82, 2.24) is 8.61 Å². The maximum absolute atomic E-state index is 12.8.